The molecule has 2 unspecified atom stereocenters. The van der Waals surface area contributed by atoms with Crippen LogP contribution in [0.1, 0.15) is 29.2 Å². The summed E-state index contributed by atoms with van der Waals surface area (Å²) in [7, 11) is 0. The summed E-state index contributed by atoms with van der Waals surface area (Å²) in [6.07, 6.45) is 4.75. The van der Waals surface area contributed by atoms with E-state index in [2.05, 4.69) is 10.9 Å². The molecule has 1 saturated heterocycles. The first kappa shape index (κ1) is 20.4. The van der Waals surface area contributed by atoms with Crippen LogP contribution in [-0.2, 0) is 21.0 Å². The Labute approximate surface area is 178 Å². The molecule has 9 nitrogen and oxygen atoms in total. The molecule has 2 atom stereocenters. The number of carbonyl (C=O) groups is 4. The molecule has 4 rings (SSSR count). The molecule has 1 aliphatic carbocycles. The van der Waals surface area contributed by atoms with Gasteiger partial charge in [0.05, 0.1) is 11.8 Å². The number of ether oxygens (including phenoxy) is 1. The van der Waals surface area contributed by atoms with Gasteiger partial charge in [-0.2, -0.15) is 0 Å². The highest BCUT2D eigenvalue weighted by Gasteiger charge is 2.47. The zero-order chi connectivity index (χ0) is 21.8. The third-order valence-electron chi connectivity index (χ3n) is 5.23. The zero-order valence-corrected chi connectivity index (χ0v) is 16.6. The number of hydrogen-bond donors (Lipinski definition) is 2. The minimum atomic E-state index is -0.680. The van der Waals surface area contributed by atoms with Crippen LogP contribution in [0.5, 0.6) is 5.75 Å². The van der Waals surface area contributed by atoms with E-state index in [9.17, 15) is 19.2 Å². The summed E-state index contributed by atoms with van der Waals surface area (Å²) in [6.45, 7) is -0.306. The minimum absolute atomic E-state index is 0.0163. The van der Waals surface area contributed by atoms with Gasteiger partial charge in [0.1, 0.15) is 24.7 Å². The van der Waals surface area contributed by atoms with E-state index in [4.69, 9.17) is 9.15 Å². The van der Waals surface area contributed by atoms with Crippen molar-refractivity contribution in [3.05, 3.63) is 66.1 Å². The van der Waals surface area contributed by atoms with E-state index in [1.54, 1.807) is 18.2 Å². The van der Waals surface area contributed by atoms with Crippen molar-refractivity contribution in [2.75, 3.05) is 6.54 Å². The van der Waals surface area contributed by atoms with Gasteiger partial charge in [0.15, 0.2) is 5.76 Å². The third-order valence-corrected chi connectivity index (χ3v) is 5.23. The van der Waals surface area contributed by atoms with E-state index in [0.29, 0.717) is 24.4 Å². The maximum Gasteiger partial charge on any atom is 0.305 e. The highest BCUT2D eigenvalue weighted by atomic mass is 16.5. The molecule has 160 valence electrons. The molecule has 4 amide bonds. The maximum atomic E-state index is 12.4. The zero-order valence-electron chi connectivity index (χ0n) is 16.6. The van der Waals surface area contributed by atoms with Crippen molar-refractivity contribution in [1.29, 1.82) is 0 Å². The van der Waals surface area contributed by atoms with Crippen molar-refractivity contribution in [2.24, 2.45) is 11.8 Å². The fourth-order valence-electron chi connectivity index (χ4n) is 3.64. The van der Waals surface area contributed by atoms with Gasteiger partial charge >= 0.3 is 5.91 Å². The highest BCUT2D eigenvalue weighted by molar-refractivity contribution is 6.07. The Morgan fingerprint density at radius 2 is 1.65 bits per heavy atom. The number of fused-ring (bicyclic) bond motifs is 1. The van der Waals surface area contributed by atoms with Crippen molar-refractivity contribution < 1.29 is 28.3 Å². The number of nitrogens with one attached hydrogen (secondary N) is 2. The largest absolute Gasteiger partial charge is 0.486 e. The Hall–Kier alpha value is -3.88. The van der Waals surface area contributed by atoms with E-state index in [1.807, 2.05) is 30.4 Å². The van der Waals surface area contributed by atoms with Gasteiger partial charge in [0, 0.05) is 0 Å². The summed E-state index contributed by atoms with van der Waals surface area (Å²) in [5, 5.41) is 0. The highest BCUT2D eigenvalue weighted by Crippen LogP contribution is 2.34. The first-order chi connectivity index (χ1) is 15.0. The number of amides is 4. The standard InChI is InChI=1S/C22H21N3O6/c26-19(12-25-21(28)16-8-4-5-9-17(16)22(25)29)23-24-20(27)18-11-10-15(31-18)13-30-14-6-2-1-3-7-14/h1-7,10-11,16-17H,8-9,12-13H2,(H,23,26)(H,24,27). The number of benzene rings is 1. The molecule has 0 bridgehead atoms. The Kier molecular flexibility index (Phi) is 5.83. The summed E-state index contributed by atoms with van der Waals surface area (Å²) < 4.78 is 11.0. The Morgan fingerprint density at radius 1 is 0.968 bits per heavy atom. The molecule has 2 heterocycles. The molecule has 2 aromatic rings. The fourth-order valence-corrected chi connectivity index (χ4v) is 3.64. The number of nitrogens with zero attached hydrogens (tertiary/aromatic N) is 1. The third kappa shape index (κ3) is 4.50. The van der Waals surface area contributed by atoms with Gasteiger partial charge in [-0.15, -0.1) is 0 Å². The van der Waals surface area contributed by atoms with Crippen molar-refractivity contribution in [3.63, 3.8) is 0 Å². The van der Waals surface area contributed by atoms with E-state index in [-0.39, 0.29) is 24.2 Å². The summed E-state index contributed by atoms with van der Waals surface area (Å²) in [5.41, 5.74) is 4.42. The molecule has 0 radical (unpaired) electrons. The molecule has 0 spiro atoms. The lowest BCUT2D eigenvalue weighted by molar-refractivity contribution is -0.143. The normalized spacial score (nSPS) is 19.8. The van der Waals surface area contributed by atoms with Gasteiger partial charge in [-0.1, -0.05) is 30.4 Å². The topological polar surface area (TPSA) is 118 Å². The molecular weight excluding hydrogens is 402 g/mol. The van der Waals surface area contributed by atoms with Crippen LogP contribution >= 0.6 is 0 Å². The van der Waals surface area contributed by atoms with E-state index >= 15 is 0 Å². The number of imide groups is 1. The molecule has 31 heavy (non-hydrogen) atoms. The number of hydrazine groups is 1. The van der Waals surface area contributed by atoms with Crippen LogP contribution in [0.2, 0.25) is 0 Å². The van der Waals surface area contributed by atoms with Crippen LogP contribution in [0, 0.1) is 11.8 Å². The number of likely N-dealkylation sites (tertiary alicyclic amines) is 1. The average Bonchev–Trinajstić information content (AvgIpc) is 3.36. The number of para-hydroxylation sites is 1. The molecule has 0 saturated carbocycles. The van der Waals surface area contributed by atoms with Gasteiger partial charge in [-0.25, -0.2) is 0 Å². The first-order valence-electron chi connectivity index (χ1n) is 9.89. The summed E-state index contributed by atoms with van der Waals surface area (Å²) >= 11 is 0. The Morgan fingerprint density at radius 3 is 2.32 bits per heavy atom. The van der Waals surface area contributed by atoms with Crippen LogP contribution in [-0.4, -0.2) is 35.1 Å². The molecule has 9 heteroatoms. The SMILES string of the molecule is O=C(CN1C(=O)C2CC=CCC2C1=O)NNC(=O)c1ccc(COc2ccccc2)o1. The monoisotopic (exact) mass is 423 g/mol. The molecular formula is C22H21N3O6. The van der Waals surface area contributed by atoms with Crippen molar-refractivity contribution in [3.8, 4) is 5.75 Å². The summed E-state index contributed by atoms with van der Waals surface area (Å²) in [6, 6.07) is 12.2. The second kappa shape index (κ2) is 8.86. The number of furan rings is 1. The van der Waals surface area contributed by atoms with Crippen molar-refractivity contribution >= 4 is 23.6 Å². The second-order valence-corrected chi connectivity index (χ2v) is 7.29. The number of carbonyl (C=O) groups excluding carboxylic acids is 4. The Balaban J connectivity index is 1.25. The van der Waals surface area contributed by atoms with E-state index in [1.165, 1.54) is 6.07 Å². The van der Waals surface area contributed by atoms with Gasteiger partial charge in [-0.05, 0) is 37.1 Å². The van der Waals surface area contributed by atoms with Crippen LogP contribution in [0.15, 0.2) is 59.0 Å². The number of allylic oxidation sites excluding steroid dienone is 2. The quantitative estimate of drug-likeness (QED) is 0.414. The predicted octanol–water partition coefficient (Wildman–Crippen LogP) is 1.57. The molecule has 1 aromatic heterocycles. The second-order valence-electron chi connectivity index (χ2n) is 7.29. The molecule has 2 N–H and O–H groups in total. The smallest absolute Gasteiger partial charge is 0.305 e. The predicted molar refractivity (Wildman–Crippen MR) is 107 cm³/mol. The average molecular weight is 423 g/mol. The number of rotatable bonds is 6. The van der Waals surface area contributed by atoms with Gasteiger partial charge < -0.3 is 9.15 Å². The van der Waals surface area contributed by atoms with Crippen molar-refractivity contribution in [2.45, 2.75) is 19.4 Å². The lowest BCUT2D eigenvalue weighted by Gasteiger charge is -2.14. The van der Waals surface area contributed by atoms with Gasteiger partial charge in [0.2, 0.25) is 11.8 Å². The molecule has 1 aliphatic heterocycles. The summed E-state index contributed by atoms with van der Waals surface area (Å²) in [4.78, 5) is 50.1. The maximum absolute atomic E-state index is 12.4. The Bertz CT molecular complexity index is 1000. The fraction of sp³-hybridized carbons (Fsp3) is 0.273. The van der Waals surface area contributed by atoms with Gasteiger partial charge in [-0.3, -0.25) is 34.9 Å². The first-order valence-corrected chi connectivity index (χ1v) is 9.89. The lowest BCUT2D eigenvalue weighted by Crippen LogP contribution is -2.47. The molecule has 1 fully saturated rings. The van der Waals surface area contributed by atoms with Crippen LogP contribution < -0.4 is 15.6 Å². The van der Waals surface area contributed by atoms with Crippen LogP contribution in [0.3, 0.4) is 0 Å². The molecule has 1 aromatic carbocycles. The van der Waals surface area contributed by atoms with Crippen LogP contribution in [0.4, 0.5) is 0 Å². The van der Waals surface area contributed by atoms with Crippen LogP contribution in [0.25, 0.3) is 0 Å². The van der Waals surface area contributed by atoms with E-state index < -0.39 is 30.2 Å². The van der Waals surface area contributed by atoms with Crippen molar-refractivity contribution in [1.82, 2.24) is 15.8 Å². The molecule has 2 aliphatic rings. The minimum Gasteiger partial charge on any atom is -0.486 e. The number of hydrogen-bond acceptors (Lipinski definition) is 6. The van der Waals surface area contributed by atoms with E-state index in [0.717, 1.165) is 4.90 Å². The van der Waals surface area contributed by atoms with Gasteiger partial charge in [0.25, 0.3) is 5.91 Å². The lowest BCUT2D eigenvalue weighted by atomic mass is 9.85. The summed E-state index contributed by atoms with van der Waals surface area (Å²) in [5.74, 6) is -1.78.